The second-order valence-electron chi connectivity index (χ2n) is 4.00. The average molecular weight is 263 g/mol. The van der Waals surface area contributed by atoms with Crippen LogP contribution >= 0.6 is 0 Å². The van der Waals surface area contributed by atoms with E-state index >= 15 is 0 Å². The van der Waals surface area contributed by atoms with Gasteiger partial charge in [-0.25, -0.2) is 14.8 Å². The number of anilines is 1. The van der Waals surface area contributed by atoms with Crippen LogP contribution in [0.25, 0.3) is 0 Å². The number of hydrogen-bond acceptors (Lipinski definition) is 5. The number of nitrogen functional groups attached to an aromatic ring is 1. The van der Waals surface area contributed by atoms with Gasteiger partial charge in [-0.2, -0.15) is 0 Å². The zero-order valence-corrected chi connectivity index (χ0v) is 11.0. The number of imidazole rings is 2. The maximum Gasteiger partial charge on any atom is 0.360 e. The van der Waals surface area contributed by atoms with Crippen LogP contribution in [0.4, 0.5) is 5.82 Å². The first-order valence-corrected chi connectivity index (χ1v) is 6.16. The second kappa shape index (κ2) is 5.55. The van der Waals surface area contributed by atoms with Crippen molar-refractivity contribution in [3.8, 4) is 0 Å². The summed E-state index contributed by atoms with van der Waals surface area (Å²) >= 11 is 0. The van der Waals surface area contributed by atoms with Gasteiger partial charge in [0.25, 0.3) is 0 Å². The summed E-state index contributed by atoms with van der Waals surface area (Å²) in [5.74, 6) is 0.582. The van der Waals surface area contributed by atoms with Crippen LogP contribution in [0.5, 0.6) is 0 Å². The molecule has 0 saturated carbocycles. The minimum Gasteiger partial charge on any atom is -0.461 e. The van der Waals surface area contributed by atoms with Crippen LogP contribution in [-0.4, -0.2) is 32.1 Å². The fourth-order valence-electron chi connectivity index (χ4n) is 1.85. The zero-order valence-electron chi connectivity index (χ0n) is 11.0. The summed E-state index contributed by atoms with van der Waals surface area (Å²) < 4.78 is 6.73. The molecule has 0 amide bonds. The van der Waals surface area contributed by atoms with Crippen LogP contribution in [0.1, 0.15) is 35.9 Å². The molecule has 2 aromatic rings. The molecule has 0 fully saturated rings. The summed E-state index contributed by atoms with van der Waals surface area (Å²) in [6.45, 7) is 4.51. The zero-order chi connectivity index (χ0) is 13.8. The molecule has 0 bridgehead atoms. The van der Waals surface area contributed by atoms with Crippen molar-refractivity contribution in [2.75, 3.05) is 12.3 Å². The highest BCUT2D eigenvalue weighted by molar-refractivity contribution is 5.92. The van der Waals surface area contributed by atoms with Crippen LogP contribution in [0, 0.1) is 0 Å². The molecule has 0 saturated heterocycles. The van der Waals surface area contributed by atoms with Crippen molar-refractivity contribution in [1.82, 2.24) is 19.5 Å². The lowest BCUT2D eigenvalue weighted by atomic mass is 10.4. The number of rotatable bonds is 5. The second-order valence-corrected chi connectivity index (χ2v) is 4.00. The van der Waals surface area contributed by atoms with Gasteiger partial charge in [0.15, 0.2) is 5.69 Å². The van der Waals surface area contributed by atoms with E-state index in [1.807, 2.05) is 6.92 Å². The maximum absolute atomic E-state index is 11.8. The molecule has 2 aromatic heterocycles. The molecule has 19 heavy (non-hydrogen) atoms. The molecule has 7 nitrogen and oxygen atoms in total. The molecule has 0 atom stereocenters. The molecule has 0 spiro atoms. The summed E-state index contributed by atoms with van der Waals surface area (Å²) in [5.41, 5.74) is 7.07. The molecule has 0 unspecified atom stereocenters. The topological polar surface area (TPSA) is 98.8 Å². The van der Waals surface area contributed by atoms with E-state index in [-0.39, 0.29) is 5.69 Å². The van der Waals surface area contributed by atoms with Crippen molar-refractivity contribution < 1.29 is 9.53 Å². The number of hydrogen-bond donors (Lipinski definition) is 2. The lowest BCUT2D eigenvalue weighted by Crippen LogP contribution is -2.11. The highest BCUT2D eigenvalue weighted by atomic mass is 16.5. The number of nitrogens with zero attached hydrogens (tertiary/aromatic N) is 3. The van der Waals surface area contributed by atoms with Crippen molar-refractivity contribution in [2.45, 2.75) is 26.8 Å². The van der Waals surface area contributed by atoms with E-state index in [4.69, 9.17) is 10.5 Å². The van der Waals surface area contributed by atoms with Crippen molar-refractivity contribution in [2.24, 2.45) is 0 Å². The number of aromatic amines is 1. The first kappa shape index (κ1) is 13.1. The van der Waals surface area contributed by atoms with E-state index in [9.17, 15) is 4.79 Å². The van der Waals surface area contributed by atoms with Crippen molar-refractivity contribution in [3.05, 3.63) is 29.7 Å². The molecule has 0 aliphatic carbocycles. The van der Waals surface area contributed by atoms with Crippen molar-refractivity contribution >= 4 is 11.8 Å². The SMILES string of the molecule is CCOC(=O)c1nc(CC)n(Cc2cnc[nH]2)c1N. The molecule has 2 rings (SSSR count). The highest BCUT2D eigenvalue weighted by Gasteiger charge is 2.20. The Balaban J connectivity index is 2.34. The predicted octanol–water partition coefficient (Wildman–Crippen LogP) is 0.976. The number of esters is 1. The van der Waals surface area contributed by atoms with E-state index in [0.717, 1.165) is 11.5 Å². The van der Waals surface area contributed by atoms with Gasteiger partial charge in [-0.1, -0.05) is 6.92 Å². The van der Waals surface area contributed by atoms with Gasteiger partial charge in [0.2, 0.25) is 0 Å². The minimum absolute atomic E-state index is 0.179. The number of carbonyl (C=O) groups excluding carboxylic acids is 1. The van der Waals surface area contributed by atoms with Gasteiger partial charge < -0.3 is 20.0 Å². The van der Waals surface area contributed by atoms with E-state index in [0.29, 0.717) is 25.4 Å². The van der Waals surface area contributed by atoms with E-state index in [2.05, 4.69) is 15.0 Å². The Morgan fingerprint density at radius 3 is 2.89 bits per heavy atom. The third-order valence-electron chi connectivity index (χ3n) is 2.75. The van der Waals surface area contributed by atoms with Crippen molar-refractivity contribution in [1.29, 1.82) is 0 Å². The van der Waals surface area contributed by atoms with Gasteiger partial charge in [0.05, 0.1) is 25.2 Å². The maximum atomic E-state index is 11.8. The Morgan fingerprint density at radius 1 is 1.53 bits per heavy atom. The highest BCUT2D eigenvalue weighted by Crippen LogP contribution is 2.17. The fourth-order valence-corrected chi connectivity index (χ4v) is 1.85. The molecule has 0 aliphatic rings. The number of aryl methyl sites for hydroxylation is 1. The van der Waals surface area contributed by atoms with Crippen molar-refractivity contribution in [3.63, 3.8) is 0 Å². The van der Waals surface area contributed by atoms with E-state index in [1.165, 1.54) is 0 Å². The van der Waals surface area contributed by atoms with E-state index in [1.54, 1.807) is 24.0 Å². The molecule has 0 radical (unpaired) electrons. The van der Waals surface area contributed by atoms with Gasteiger partial charge in [-0.3, -0.25) is 0 Å². The number of carbonyl (C=O) groups is 1. The summed E-state index contributed by atoms with van der Waals surface area (Å²) in [6.07, 6.45) is 3.99. The Labute approximate surface area is 110 Å². The quantitative estimate of drug-likeness (QED) is 0.783. The van der Waals surface area contributed by atoms with Crippen LogP contribution < -0.4 is 5.73 Å². The van der Waals surface area contributed by atoms with Gasteiger partial charge in [-0.05, 0) is 6.92 Å². The Hall–Kier alpha value is -2.31. The lowest BCUT2D eigenvalue weighted by Gasteiger charge is -2.07. The average Bonchev–Trinajstić information content (AvgIpc) is 3.00. The van der Waals surface area contributed by atoms with Crippen LogP contribution in [0.15, 0.2) is 12.5 Å². The minimum atomic E-state index is -0.488. The number of H-pyrrole nitrogens is 1. The van der Waals surface area contributed by atoms with Crippen LogP contribution in [0.2, 0.25) is 0 Å². The summed E-state index contributed by atoms with van der Waals surface area (Å²) in [5, 5.41) is 0. The van der Waals surface area contributed by atoms with E-state index < -0.39 is 5.97 Å². The van der Waals surface area contributed by atoms with Crippen LogP contribution in [-0.2, 0) is 17.7 Å². The monoisotopic (exact) mass is 263 g/mol. The Kier molecular flexibility index (Phi) is 3.84. The summed E-state index contributed by atoms with van der Waals surface area (Å²) in [7, 11) is 0. The third kappa shape index (κ3) is 2.59. The predicted molar refractivity (Wildman–Crippen MR) is 69.7 cm³/mol. The molecule has 102 valence electrons. The molecule has 2 heterocycles. The van der Waals surface area contributed by atoms with Gasteiger partial charge in [0, 0.05) is 12.6 Å². The largest absolute Gasteiger partial charge is 0.461 e. The normalized spacial score (nSPS) is 10.6. The lowest BCUT2D eigenvalue weighted by molar-refractivity contribution is 0.0521. The molecular formula is C12H17N5O2. The smallest absolute Gasteiger partial charge is 0.360 e. The standard InChI is InChI=1S/C12H17N5O2/c1-3-9-16-10(12(18)19-4-2)11(13)17(9)6-8-5-14-7-15-8/h5,7H,3-4,6,13H2,1-2H3,(H,14,15). The van der Waals surface area contributed by atoms with Crippen LogP contribution in [0.3, 0.4) is 0 Å². The summed E-state index contributed by atoms with van der Waals surface area (Å²) in [4.78, 5) is 23.0. The first-order valence-electron chi connectivity index (χ1n) is 6.16. The van der Waals surface area contributed by atoms with Gasteiger partial charge in [0.1, 0.15) is 11.6 Å². The third-order valence-corrected chi connectivity index (χ3v) is 2.75. The fraction of sp³-hybridized carbons (Fsp3) is 0.417. The Morgan fingerprint density at radius 2 is 2.32 bits per heavy atom. The first-order chi connectivity index (χ1) is 9.17. The molecule has 0 aliphatic heterocycles. The molecule has 0 aromatic carbocycles. The molecule has 7 heteroatoms. The Bertz CT molecular complexity index is 559. The number of nitrogens with one attached hydrogen (secondary N) is 1. The number of aromatic nitrogens is 4. The summed E-state index contributed by atoms with van der Waals surface area (Å²) in [6, 6.07) is 0. The van der Waals surface area contributed by atoms with Gasteiger partial charge in [-0.15, -0.1) is 0 Å². The van der Waals surface area contributed by atoms with Gasteiger partial charge >= 0.3 is 5.97 Å². The number of nitrogens with two attached hydrogens (primary N) is 1. The molecular weight excluding hydrogens is 246 g/mol. The number of ether oxygens (including phenoxy) is 1. The molecule has 3 N–H and O–H groups in total.